The molecular formula is C22H35N3O6Si. The molecule has 2 heterocycles. The Morgan fingerprint density at radius 1 is 1.28 bits per heavy atom. The molecule has 1 aromatic heterocycles. The van der Waals surface area contributed by atoms with Crippen molar-refractivity contribution in [3.8, 4) is 0 Å². The van der Waals surface area contributed by atoms with Gasteiger partial charge in [0.2, 0.25) is 5.91 Å². The zero-order valence-corrected chi connectivity index (χ0v) is 21.1. The smallest absolute Gasteiger partial charge is 0.408 e. The quantitative estimate of drug-likeness (QED) is 0.339. The van der Waals surface area contributed by atoms with E-state index in [1.165, 1.54) is 12.0 Å². The topological polar surface area (TPSA) is 107 Å². The minimum absolute atomic E-state index is 0.0227. The van der Waals surface area contributed by atoms with Crippen LogP contribution in [-0.4, -0.2) is 63.1 Å². The van der Waals surface area contributed by atoms with Gasteiger partial charge in [-0.15, -0.1) is 0 Å². The highest BCUT2D eigenvalue weighted by Crippen LogP contribution is 2.38. The number of alkyl carbamates (subject to hydrolysis) is 1. The molecule has 0 fully saturated rings. The van der Waals surface area contributed by atoms with Crippen LogP contribution in [0.5, 0.6) is 0 Å². The molecule has 0 radical (unpaired) electrons. The first-order valence-electron chi connectivity index (χ1n) is 10.7. The molecular weight excluding hydrogens is 430 g/mol. The molecule has 178 valence electrons. The number of aromatic nitrogens is 1. The first kappa shape index (κ1) is 25.8. The lowest BCUT2D eigenvalue weighted by molar-refractivity contribution is -0.143. The van der Waals surface area contributed by atoms with Crippen LogP contribution in [0.1, 0.15) is 38.7 Å². The second-order valence-corrected chi connectivity index (χ2v) is 15.7. The summed E-state index contributed by atoms with van der Waals surface area (Å²) in [6, 6.07) is 3.47. The molecule has 0 aromatic carbocycles. The highest BCUT2D eigenvalue weighted by atomic mass is 28.3. The summed E-state index contributed by atoms with van der Waals surface area (Å²) in [5.41, 5.74) is -0.0414. The van der Waals surface area contributed by atoms with Crippen LogP contribution in [-0.2, 0) is 23.8 Å². The van der Waals surface area contributed by atoms with Gasteiger partial charge in [0.05, 0.1) is 13.0 Å². The third-order valence-corrected chi connectivity index (χ3v) is 6.58. The van der Waals surface area contributed by atoms with Gasteiger partial charge < -0.3 is 19.5 Å². The summed E-state index contributed by atoms with van der Waals surface area (Å²) in [4.78, 5) is 43.7. The molecule has 2 atom stereocenters. The number of methoxy groups -OCH3 is 1. The van der Waals surface area contributed by atoms with E-state index in [4.69, 9.17) is 14.2 Å². The minimum Gasteiger partial charge on any atom is -0.467 e. The molecule has 0 saturated heterocycles. The van der Waals surface area contributed by atoms with Gasteiger partial charge in [0, 0.05) is 26.4 Å². The van der Waals surface area contributed by atoms with Crippen LogP contribution in [0.3, 0.4) is 0 Å². The Kier molecular flexibility index (Phi) is 8.41. The third-order valence-electron chi connectivity index (χ3n) is 4.88. The Balaban J connectivity index is 2.15. The fourth-order valence-electron chi connectivity index (χ4n) is 3.26. The highest BCUT2D eigenvalue weighted by Gasteiger charge is 2.41. The summed E-state index contributed by atoms with van der Waals surface area (Å²) in [5.74, 6) is -1.04. The van der Waals surface area contributed by atoms with Crippen LogP contribution < -0.4 is 10.2 Å². The van der Waals surface area contributed by atoms with E-state index in [1.54, 1.807) is 39.1 Å². The van der Waals surface area contributed by atoms with Crippen LogP contribution in [0, 0.1) is 0 Å². The van der Waals surface area contributed by atoms with Crippen molar-refractivity contribution in [1.29, 1.82) is 0 Å². The summed E-state index contributed by atoms with van der Waals surface area (Å²) >= 11 is 0. The van der Waals surface area contributed by atoms with E-state index < -0.39 is 37.7 Å². The van der Waals surface area contributed by atoms with E-state index in [0.29, 0.717) is 18.0 Å². The van der Waals surface area contributed by atoms with Gasteiger partial charge in [-0.3, -0.25) is 9.69 Å². The van der Waals surface area contributed by atoms with Crippen LogP contribution in [0.25, 0.3) is 0 Å². The van der Waals surface area contributed by atoms with Crippen molar-refractivity contribution in [2.75, 3.05) is 25.3 Å². The fraction of sp³-hybridized carbons (Fsp3) is 0.636. The molecule has 1 unspecified atom stereocenters. The predicted molar refractivity (Wildman–Crippen MR) is 123 cm³/mol. The van der Waals surface area contributed by atoms with Crippen molar-refractivity contribution < 1.29 is 28.6 Å². The van der Waals surface area contributed by atoms with E-state index in [0.717, 1.165) is 6.04 Å². The van der Waals surface area contributed by atoms with E-state index in [-0.39, 0.29) is 19.1 Å². The maximum atomic E-state index is 13.2. The number of fused-ring (bicyclic) bond motifs is 1. The van der Waals surface area contributed by atoms with Crippen molar-refractivity contribution in [3.63, 3.8) is 0 Å². The number of amides is 2. The fourth-order valence-corrected chi connectivity index (χ4v) is 4.02. The summed E-state index contributed by atoms with van der Waals surface area (Å²) < 4.78 is 15.9. The second kappa shape index (κ2) is 10.4. The number of ether oxygens (including phenoxy) is 3. The van der Waals surface area contributed by atoms with E-state index >= 15 is 0 Å². The Morgan fingerprint density at radius 2 is 1.97 bits per heavy atom. The number of anilines is 1. The van der Waals surface area contributed by atoms with E-state index in [1.807, 2.05) is 0 Å². The van der Waals surface area contributed by atoms with Gasteiger partial charge in [-0.25, -0.2) is 14.6 Å². The zero-order chi connectivity index (χ0) is 24.1. The SMILES string of the molecule is COC(=O)[C@H](CC1C(=O)N(COCC[Si](C)(C)C)c2ncccc21)NC(=O)OC(C)(C)C. The molecule has 0 saturated carbocycles. The van der Waals surface area contributed by atoms with Crippen molar-refractivity contribution in [1.82, 2.24) is 10.3 Å². The van der Waals surface area contributed by atoms with Gasteiger partial charge in [-0.1, -0.05) is 25.7 Å². The Bertz CT molecular complexity index is 834. The Morgan fingerprint density at radius 3 is 2.56 bits per heavy atom. The average Bonchev–Trinajstić information content (AvgIpc) is 2.93. The number of esters is 1. The Labute approximate surface area is 190 Å². The van der Waals surface area contributed by atoms with Gasteiger partial charge in [-0.2, -0.15) is 0 Å². The average molecular weight is 466 g/mol. The largest absolute Gasteiger partial charge is 0.467 e. The summed E-state index contributed by atoms with van der Waals surface area (Å²) in [6.45, 7) is 12.6. The number of carbonyl (C=O) groups excluding carboxylic acids is 3. The third kappa shape index (κ3) is 7.30. The van der Waals surface area contributed by atoms with Gasteiger partial charge in [-0.05, 0) is 39.3 Å². The first-order chi connectivity index (χ1) is 14.8. The first-order valence-corrected chi connectivity index (χ1v) is 14.4. The molecule has 1 aliphatic heterocycles. The maximum absolute atomic E-state index is 13.2. The molecule has 0 bridgehead atoms. The number of rotatable bonds is 9. The standard InChI is InChI=1S/C22H35N3O6Si/c1-22(2,3)31-21(28)24-17(20(27)29-4)13-16-15-9-8-10-23-18(15)25(19(16)26)14-30-11-12-32(5,6)7/h8-10,16-17H,11-14H2,1-7H3,(H,24,28)/t16?,17-/m0/s1. The zero-order valence-electron chi connectivity index (χ0n) is 20.1. The normalized spacial score (nSPS) is 17.0. The Hall–Kier alpha value is -2.46. The van der Waals surface area contributed by atoms with Crippen molar-refractivity contribution in [2.45, 2.75) is 70.4 Å². The molecule has 1 aromatic rings. The molecule has 0 aliphatic carbocycles. The lowest BCUT2D eigenvalue weighted by atomic mass is 9.94. The molecule has 32 heavy (non-hydrogen) atoms. The molecule has 9 nitrogen and oxygen atoms in total. The van der Waals surface area contributed by atoms with Gasteiger partial charge >= 0.3 is 12.1 Å². The lowest BCUT2D eigenvalue weighted by Crippen LogP contribution is -2.45. The van der Waals surface area contributed by atoms with Crippen LogP contribution in [0.2, 0.25) is 25.7 Å². The number of carbonyl (C=O) groups is 3. The van der Waals surface area contributed by atoms with Crippen LogP contribution in [0.4, 0.5) is 10.6 Å². The molecule has 2 rings (SSSR count). The number of nitrogens with zero attached hydrogens (tertiary/aromatic N) is 2. The molecule has 1 aliphatic rings. The lowest BCUT2D eigenvalue weighted by Gasteiger charge is -2.24. The van der Waals surface area contributed by atoms with Crippen LogP contribution in [0.15, 0.2) is 18.3 Å². The number of nitrogens with one attached hydrogen (secondary N) is 1. The van der Waals surface area contributed by atoms with Gasteiger partial charge in [0.25, 0.3) is 0 Å². The van der Waals surface area contributed by atoms with Gasteiger partial charge in [0.1, 0.15) is 24.2 Å². The minimum atomic E-state index is -1.26. The number of hydrogen-bond acceptors (Lipinski definition) is 7. The van der Waals surface area contributed by atoms with Crippen molar-refractivity contribution >= 4 is 31.9 Å². The summed E-state index contributed by atoms with van der Waals surface area (Å²) in [5, 5.41) is 2.53. The molecule has 10 heteroatoms. The van der Waals surface area contributed by atoms with E-state index in [9.17, 15) is 14.4 Å². The summed E-state index contributed by atoms with van der Waals surface area (Å²) in [7, 11) is -0.0224. The van der Waals surface area contributed by atoms with Gasteiger partial charge in [0.15, 0.2) is 0 Å². The molecule has 0 spiro atoms. The van der Waals surface area contributed by atoms with Crippen LogP contribution >= 0.6 is 0 Å². The number of pyridine rings is 1. The molecule has 2 amide bonds. The van der Waals surface area contributed by atoms with Crippen molar-refractivity contribution in [3.05, 3.63) is 23.9 Å². The second-order valence-electron chi connectivity index (χ2n) is 10.0. The predicted octanol–water partition coefficient (Wildman–Crippen LogP) is 3.28. The maximum Gasteiger partial charge on any atom is 0.408 e. The monoisotopic (exact) mass is 465 g/mol. The highest BCUT2D eigenvalue weighted by molar-refractivity contribution is 6.76. The summed E-state index contributed by atoms with van der Waals surface area (Å²) in [6.07, 6.45) is 0.881. The van der Waals surface area contributed by atoms with E-state index in [2.05, 4.69) is 29.9 Å². The number of hydrogen-bond donors (Lipinski definition) is 1. The molecule has 1 N–H and O–H groups in total. The van der Waals surface area contributed by atoms with Crippen molar-refractivity contribution in [2.24, 2.45) is 0 Å².